The Balaban J connectivity index is 5.54. The summed E-state index contributed by atoms with van der Waals surface area (Å²) >= 11 is 0. The van der Waals surface area contributed by atoms with Crippen molar-refractivity contribution < 1.29 is 80.2 Å². The van der Waals surface area contributed by atoms with Crippen molar-refractivity contribution in [2.75, 3.05) is 39.6 Å². The summed E-state index contributed by atoms with van der Waals surface area (Å²) in [7, 11) is -10.0. The number of phosphoric acid groups is 2. The Labute approximate surface area is 641 Å². The van der Waals surface area contributed by atoms with Gasteiger partial charge in [0, 0.05) is 25.7 Å². The minimum Gasteiger partial charge on any atom is -0.462 e. The molecular weight excluding hydrogens is 1380 g/mol. The maximum atomic E-state index is 13.1. The quantitative estimate of drug-likeness (QED) is 0.0169. The fraction of sp³-hybridized carbons (Fsp3) is 0.609. The number of aliphatic hydroxyl groups excluding tert-OH is 1. The number of hydrogen-bond acceptors (Lipinski definition) is 15. The molecule has 5 atom stereocenters. The van der Waals surface area contributed by atoms with Gasteiger partial charge in [-0.2, -0.15) is 0 Å². The minimum atomic E-state index is -5.03. The molecular formula is C87H140O17P2. The van der Waals surface area contributed by atoms with Crippen LogP contribution in [0.25, 0.3) is 0 Å². The molecule has 0 fully saturated rings. The zero-order valence-electron chi connectivity index (χ0n) is 65.5. The van der Waals surface area contributed by atoms with Gasteiger partial charge >= 0.3 is 39.5 Å². The van der Waals surface area contributed by atoms with Crippen molar-refractivity contribution >= 4 is 39.5 Å². The molecule has 0 bridgehead atoms. The average Bonchev–Trinajstić information content (AvgIpc) is 0.903. The standard InChI is InChI=1S/C87H140O17P2/c1-5-9-13-17-21-25-29-33-36-38-40-42-45-48-52-56-60-64-68-72-85(90)98-78-83(104-87(92)74-70-66-62-58-54-50-46-43-41-39-37-34-30-26-22-18-14-10-6-2)80-102-106(95,96)100-76-81(88)75-99-105(93,94)101-79-82(77-97-84(89)71-67-63-59-55-51-47-32-28-24-20-16-12-8-4)103-86(91)73-69-65-61-57-53-49-44-35-31-27-23-19-15-11-7-3/h9-10,13-14,21-23,25-28,32-37,40-44,48,50,52,54,60,62,64,66,81-83,88H,5-8,11-12,15-20,24,29-31,38-39,45-47,49,51,53,55-59,61,63,65,67-80H2,1-4H3,(H,93,94)(H,95,96)/b13-9-,14-10-,25-21-,26-22-,27-23-,32-28-,36-33-,37-34-,42-40-,43-41-,44-35-,52-48-,54-50-,64-60-,66-62-/t81-,82+,83+/m0/s1. The topological polar surface area (TPSA) is 237 Å². The van der Waals surface area contributed by atoms with Crippen molar-refractivity contribution in [3.63, 3.8) is 0 Å². The molecule has 0 aliphatic rings. The molecule has 0 aromatic rings. The fourth-order valence-electron chi connectivity index (χ4n) is 9.82. The third-order valence-electron chi connectivity index (χ3n) is 15.9. The predicted molar refractivity (Wildman–Crippen MR) is 436 cm³/mol. The van der Waals surface area contributed by atoms with Gasteiger partial charge in [0.1, 0.15) is 19.3 Å². The van der Waals surface area contributed by atoms with Gasteiger partial charge in [0.25, 0.3) is 0 Å². The van der Waals surface area contributed by atoms with Gasteiger partial charge in [-0.1, -0.05) is 281 Å². The van der Waals surface area contributed by atoms with E-state index in [4.69, 9.17) is 37.0 Å². The summed E-state index contributed by atoms with van der Waals surface area (Å²) < 4.78 is 68.4. The molecule has 0 rings (SSSR count). The van der Waals surface area contributed by atoms with Gasteiger partial charge in [0.15, 0.2) is 12.2 Å². The molecule has 0 saturated heterocycles. The van der Waals surface area contributed by atoms with Crippen LogP contribution >= 0.6 is 15.6 Å². The maximum absolute atomic E-state index is 13.1. The molecule has 0 spiro atoms. The van der Waals surface area contributed by atoms with Crippen LogP contribution in [0.5, 0.6) is 0 Å². The number of rotatable bonds is 73. The number of unbranched alkanes of at least 4 members (excludes halogenated alkanes) is 17. The van der Waals surface area contributed by atoms with Crippen LogP contribution in [0.1, 0.15) is 285 Å². The van der Waals surface area contributed by atoms with Crippen molar-refractivity contribution in [2.45, 2.75) is 303 Å². The molecule has 600 valence electrons. The highest BCUT2D eigenvalue weighted by atomic mass is 31.2. The van der Waals surface area contributed by atoms with E-state index in [-0.39, 0.29) is 25.7 Å². The van der Waals surface area contributed by atoms with Crippen molar-refractivity contribution in [3.8, 4) is 0 Å². The van der Waals surface area contributed by atoms with Gasteiger partial charge in [-0.05, 0) is 161 Å². The summed E-state index contributed by atoms with van der Waals surface area (Å²) in [6.07, 6.45) is 93.3. The first-order valence-corrected chi connectivity index (χ1v) is 43.0. The van der Waals surface area contributed by atoms with E-state index in [0.29, 0.717) is 38.5 Å². The molecule has 106 heavy (non-hydrogen) atoms. The Morgan fingerprint density at radius 1 is 0.274 bits per heavy atom. The van der Waals surface area contributed by atoms with Crippen molar-refractivity contribution in [1.29, 1.82) is 0 Å². The first-order chi connectivity index (χ1) is 51.7. The molecule has 0 aliphatic carbocycles. The zero-order chi connectivity index (χ0) is 77.4. The highest BCUT2D eigenvalue weighted by Crippen LogP contribution is 2.45. The summed E-state index contributed by atoms with van der Waals surface area (Å²) in [5.74, 6) is -2.41. The van der Waals surface area contributed by atoms with Gasteiger partial charge in [0.05, 0.1) is 26.4 Å². The van der Waals surface area contributed by atoms with Gasteiger partial charge in [-0.15, -0.1) is 0 Å². The van der Waals surface area contributed by atoms with E-state index in [2.05, 4.69) is 174 Å². The fourth-order valence-corrected chi connectivity index (χ4v) is 11.4. The van der Waals surface area contributed by atoms with Crippen LogP contribution in [-0.4, -0.2) is 96.7 Å². The number of esters is 4. The molecule has 0 aromatic carbocycles. The maximum Gasteiger partial charge on any atom is 0.472 e. The van der Waals surface area contributed by atoms with Crippen molar-refractivity contribution in [2.24, 2.45) is 0 Å². The van der Waals surface area contributed by atoms with Gasteiger partial charge < -0.3 is 33.8 Å². The lowest BCUT2D eigenvalue weighted by atomic mass is 10.1. The molecule has 2 unspecified atom stereocenters. The summed E-state index contributed by atoms with van der Waals surface area (Å²) in [4.78, 5) is 73.0. The van der Waals surface area contributed by atoms with Crippen molar-refractivity contribution in [1.82, 2.24) is 0 Å². The average molecular weight is 1520 g/mol. The molecule has 19 heteroatoms. The summed E-state index contributed by atoms with van der Waals surface area (Å²) in [5.41, 5.74) is 0. The second-order valence-corrected chi connectivity index (χ2v) is 28.8. The lowest BCUT2D eigenvalue weighted by Crippen LogP contribution is -2.30. The highest BCUT2D eigenvalue weighted by molar-refractivity contribution is 7.47. The Morgan fingerprint density at radius 3 is 0.858 bits per heavy atom. The van der Waals surface area contributed by atoms with E-state index in [1.165, 1.54) is 44.9 Å². The van der Waals surface area contributed by atoms with Crippen LogP contribution in [0.3, 0.4) is 0 Å². The number of hydrogen-bond donors (Lipinski definition) is 3. The Kier molecular flexibility index (Phi) is 73.1. The minimum absolute atomic E-state index is 0.0126. The van der Waals surface area contributed by atoms with Crippen LogP contribution in [0.15, 0.2) is 182 Å². The number of allylic oxidation sites excluding steroid dienone is 30. The second-order valence-electron chi connectivity index (χ2n) is 25.9. The smallest absolute Gasteiger partial charge is 0.462 e. The number of phosphoric ester groups is 2. The monoisotopic (exact) mass is 1520 g/mol. The summed E-state index contributed by atoms with van der Waals surface area (Å²) in [6.45, 7) is 4.39. The molecule has 0 radical (unpaired) electrons. The lowest BCUT2D eigenvalue weighted by molar-refractivity contribution is -0.161. The third-order valence-corrected chi connectivity index (χ3v) is 17.8. The van der Waals surface area contributed by atoms with Gasteiger partial charge in [-0.25, -0.2) is 9.13 Å². The number of aliphatic hydroxyl groups is 1. The molecule has 0 amide bonds. The van der Waals surface area contributed by atoms with Crippen LogP contribution in [0.2, 0.25) is 0 Å². The predicted octanol–water partition coefficient (Wildman–Crippen LogP) is 23.6. The van der Waals surface area contributed by atoms with E-state index in [0.717, 1.165) is 148 Å². The number of carbonyl (C=O) groups excluding carboxylic acids is 4. The van der Waals surface area contributed by atoms with Crippen LogP contribution in [0.4, 0.5) is 0 Å². The van der Waals surface area contributed by atoms with Crippen molar-refractivity contribution in [3.05, 3.63) is 182 Å². The molecule has 0 saturated carbocycles. The molecule has 17 nitrogen and oxygen atoms in total. The van der Waals surface area contributed by atoms with E-state index >= 15 is 0 Å². The number of carbonyl (C=O) groups is 4. The summed E-state index contributed by atoms with van der Waals surface area (Å²) in [5, 5.41) is 10.6. The van der Waals surface area contributed by atoms with Crippen LogP contribution in [0, 0.1) is 0 Å². The first kappa shape index (κ1) is 100. The van der Waals surface area contributed by atoms with Gasteiger partial charge in [-0.3, -0.25) is 37.3 Å². The highest BCUT2D eigenvalue weighted by Gasteiger charge is 2.30. The second kappa shape index (κ2) is 77.3. The molecule has 3 N–H and O–H groups in total. The van der Waals surface area contributed by atoms with E-state index < -0.39 is 97.5 Å². The SMILES string of the molecule is CC/C=C\C/C=C\C/C=C\C/C=C\C/C=C\C/C=C\CCC(=O)OC[C@H](COP(=O)(O)OC[C@@H](O)COP(=O)(O)OC[C@@H](COC(=O)CCCCCCC/C=C\CCCCCC)OC(=O)CCCCCCC/C=C\C/C=C\CCCCC)OC(=O)CC/C=C\C/C=C\C/C=C\C/C=C\C/C=C\C/C=C\CC. The van der Waals surface area contributed by atoms with Gasteiger partial charge in [0.2, 0.25) is 0 Å². The van der Waals surface area contributed by atoms with Crippen LogP contribution in [-0.2, 0) is 65.4 Å². The van der Waals surface area contributed by atoms with E-state index in [1.54, 1.807) is 0 Å². The normalized spacial score (nSPS) is 14.8. The first-order valence-electron chi connectivity index (χ1n) is 40.0. The Bertz CT molecular complexity index is 2730. The zero-order valence-corrected chi connectivity index (χ0v) is 67.3. The third kappa shape index (κ3) is 76.4. The molecule has 0 aliphatic heterocycles. The number of ether oxygens (including phenoxy) is 4. The Hall–Kier alpha value is -5.84. The Morgan fingerprint density at radius 2 is 0.509 bits per heavy atom. The van der Waals surface area contributed by atoms with Crippen LogP contribution < -0.4 is 0 Å². The lowest BCUT2D eigenvalue weighted by Gasteiger charge is -2.21. The molecule has 0 aromatic heterocycles. The van der Waals surface area contributed by atoms with E-state index in [1.807, 2.05) is 36.5 Å². The summed E-state index contributed by atoms with van der Waals surface area (Å²) in [6, 6.07) is 0. The van der Waals surface area contributed by atoms with E-state index in [9.17, 15) is 43.2 Å². The largest absolute Gasteiger partial charge is 0.472 e. The molecule has 0 heterocycles.